The molecule has 0 unspecified atom stereocenters. The first kappa shape index (κ1) is 16.2. The SMILES string of the molecule is CN(C)CCCCNc1nc(Cl)nc(N2CCOCC2)n1. The summed E-state index contributed by atoms with van der Waals surface area (Å²) in [5.41, 5.74) is 0. The second-order valence-corrected chi connectivity index (χ2v) is 5.60. The normalized spacial score (nSPS) is 15.5. The molecule has 7 nitrogen and oxygen atoms in total. The number of aromatic nitrogens is 3. The van der Waals surface area contributed by atoms with Crippen LogP contribution in [0.1, 0.15) is 12.8 Å². The predicted molar refractivity (Wildman–Crippen MR) is 84.1 cm³/mol. The third kappa shape index (κ3) is 5.61. The van der Waals surface area contributed by atoms with Gasteiger partial charge in [-0.1, -0.05) is 0 Å². The van der Waals surface area contributed by atoms with Gasteiger partial charge >= 0.3 is 0 Å². The first-order valence-electron chi connectivity index (χ1n) is 7.28. The number of ether oxygens (including phenoxy) is 1. The number of nitrogens with zero attached hydrogens (tertiary/aromatic N) is 5. The zero-order chi connectivity index (χ0) is 15.1. The average molecular weight is 315 g/mol. The number of hydrogen-bond donors (Lipinski definition) is 1. The standard InChI is InChI=1S/C13H23ClN6O/c1-19(2)6-4-3-5-15-12-16-11(14)17-13(18-12)20-7-9-21-10-8-20/h3-10H2,1-2H3,(H,15,16,17,18). The number of halogens is 1. The highest BCUT2D eigenvalue weighted by molar-refractivity contribution is 6.28. The van der Waals surface area contributed by atoms with Gasteiger partial charge in [-0.2, -0.15) is 15.0 Å². The van der Waals surface area contributed by atoms with Gasteiger partial charge in [0.1, 0.15) is 0 Å². The molecule has 21 heavy (non-hydrogen) atoms. The molecular formula is C13H23ClN6O. The lowest BCUT2D eigenvalue weighted by Crippen LogP contribution is -2.37. The fourth-order valence-electron chi connectivity index (χ4n) is 2.08. The highest BCUT2D eigenvalue weighted by Gasteiger charge is 2.15. The van der Waals surface area contributed by atoms with Crippen molar-refractivity contribution in [2.75, 3.05) is 63.7 Å². The van der Waals surface area contributed by atoms with Crippen LogP contribution in [0.4, 0.5) is 11.9 Å². The Morgan fingerprint density at radius 2 is 1.95 bits per heavy atom. The predicted octanol–water partition coefficient (Wildman–Crippen LogP) is 1.12. The van der Waals surface area contributed by atoms with E-state index in [4.69, 9.17) is 16.3 Å². The van der Waals surface area contributed by atoms with Gasteiger partial charge in [-0.25, -0.2) is 0 Å². The molecular weight excluding hydrogens is 292 g/mol. The zero-order valence-electron chi connectivity index (χ0n) is 12.7. The Morgan fingerprint density at radius 3 is 2.67 bits per heavy atom. The lowest BCUT2D eigenvalue weighted by atomic mass is 10.3. The molecule has 1 aromatic rings. The largest absolute Gasteiger partial charge is 0.378 e. The second kappa shape index (κ2) is 8.31. The van der Waals surface area contributed by atoms with Crippen LogP contribution < -0.4 is 10.2 Å². The van der Waals surface area contributed by atoms with Gasteiger partial charge in [0.05, 0.1) is 13.2 Å². The summed E-state index contributed by atoms with van der Waals surface area (Å²) in [6.45, 7) is 4.85. The van der Waals surface area contributed by atoms with E-state index in [1.807, 2.05) is 0 Å². The van der Waals surface area contributed by atoms with E-state index in [0.29, 0.717) is 25.1 Å². The molecule has 1 aromatic heterocycles. The minimum Gasteiger partial charge on any atom is -0.378 e. The van der Waals surface area contributed by atoms with Gasteiger partial charge in [-0.3, -0.25) is 0 Å². The van der Waals surface area contributed by atoms with E-state index in [1.54, 1.807) is 0 Å². The number of anilines is 2. The van der Waals surface area contributed by atoms with Gasteiger partial charge in [0.15, 0.2) is 0 Å². The summed E-state index contributed by atoms with van der Waals surface area (Å²) >= 11 is 5.98. The molecule has 0 spiro atoms. The maximum Gasteiger partial charge on any atom is 0.231 e. The van der Waals surface area contributed by atoms with Crippen LogP contribution in [0.15, 0.2) is 0 Å². The Kier molecular flexibility index (Phi) is 6.41. The van der Waals surface area contributed by atoms with E-state index in [-0.39, 0.29) is 5.28 Å². The molecule has 2 heterocycles. The summed E-state index contributed by atoms with van der Waals surface area (Å²) < 4.78 is 5.33. The van der Waals surface area contributed by atoms with Crippen molar-refractivity contribution in [1.29, 1.82) is 0 Å². The van der Waals surface area contributed by atoms with Gasteiger partial charge < -0.3 is 19.9 Å². The number of rotatable bonds is 7. The van der Waals surface area contributed by atoms with Crippen molar-refractivity contribution in [2.45, 2.75) is 12.8 Å². The maximum absolute atomic E-state index is 5.98. The third-order valence-electron chi connectivity index (χ3n) is 3.21. The molecule has 1 fully saturated rings. The van der Waals surface area contributed by atoms with Crippen LogP contribution in [0.5, 0.6) is 0 Å². The van der Waals surface area contributed by atoms with Gasteiger partial charge in [0.25, 0.3) is 0 Å². The highest BCUT2D eigenvalue weighted by atomic mass is 35.5. The number of morpholine rings is 1. The minimum atomic E-state index is 0.224. The maximum atomic E-state index is 5.98. The Bertz CT molecular complexity index is 439. The van der Waals surface area contributed by atoms with Crippen LogP contribution in [0, 0.1) is 0 Å². The number of hydrogen-bond acceptors (Lipinski definition) is 7. The van der Waals surface area contributed by atoms with Crippen molar-refractivity contribution in [3.8, 4) is 0 Å². The Morgan fingerprint density at radius 1 is 1.19 bits per heavy atom. The van der Waals surface area contributed by atoms with E-state index in [0.717, 1.165) is 39.0 Å². The van der Waals surface area contributed by atoms with Crippen molar-refractivity contribution < 1.29 is 4.74 Å². The number of nitrogens with one attached hydrogen (secondary N) is 1. The second-order valence-electron chi connectivity index (χ2n) is 5.26. The van der Waals surface area contributed by atoms with Crippen molar-refractivity contribution >= 4 is 23.5 Å². The van der Waals surface area contributed by atoms with E-state index >= 15 is 0 Å². The third-order valence-corrected chi connectivity index (χ3v) is 3.37. The van der Waals surface area contributed by atoms with Crippen molar-refractivity contribution in [1.82, 2.24) is 19.9 Å². The molecule has 0 aliphatic carbocycles. The summed E-state index contributed by atoms with van der Waals surface area (Å²) in [5.74, 6) is 1.16. The molecule has 1 saturated heterocycles. The quantitative estimate of drug-likeness (QED) is 0.756. The summed E-state index contributed by atoms with van der Waals surface area (Å²) in [6.07, 6.45) is 2.20. The van der Waals surface area contributed by atoms with Crippen LogP contribution in [0.3, 0.4) is 0 Å². The molecule has 118 valence electrons. The summed E-state index contributed by atoms with van der Waals surface area (Å²) in [6, 6.07) is 0. The topological polar surface area (TPSA) is 66.4 Å². The van der Waals surface area contributed by atoms with Crippen LogP contribution in [-0.4, -0.2) is 73.3 Å². The van der Waals surface area contributed by atoms with E-state index in [2.05, 4.69) is 44.2 Å². The molecule has 0 atom stereocenters. The zero-order valence-corrected chi connectivity index (χ0v) is 13.4. The smallest absolute Gasteiger partial charge is 0.231 e. The number of unbranched alkanes of at least 4 members (excludes halogenated alkanes) is 1. The van der Waals surface area contributed by atoms with Crippen molar-refractivity contribution in [2.24, 2.45) is 0 Å². The molecule has 2 rings (SSSR count). The lowest BCUT2D eigenvalue weighted by Gasteiger charge is -2.26. The molecule has 0 amide bonds. The first-order chi connectivity index (χ1) is 10.1. The summed E-state index contributed by atoms with van der Waals surface area (Å²) in [4.78, 5) is 17.0. The first-order valence-corrected chi connectivity index (χ1v) is 7.66. The molecule has 8 heteroatoms. The monoisotopic (exact) mass is 314 g/mol. The van der Waals surface area contributed by atoms with Gasteiger partial charge in [0.2, 0.25) is 17.2 Å². The van der Waals surface area contributed by atoms with E-state index in [1.165, 1.54) is 0 Å². The summed E-state index contributed by atoms with van der Waals surface area (Å²) in [5, 5.41) is 3.44. The molecule has 1 aliphatic rings. The van der Waals surface area contributed by atoms with Gasteiger partial charge in [-0.15, -0.1) is 0 Å². The summed E-state index contributed by atoms with van der Waals surface area (Å²) in [7, 11) is 4.15. The van der Waals surface area contributed by atoms with Crippen LogP contribution >= 0.6 is 11.6 Å². The minimum absolute atomic E-state index is 0.224. The van der Waals surface area contributed by atoms with Gasteiger partial charge in [0, 0.05) is 19.6 Å². The lowest BCUT2D eigenvalue weighted by molar-refractivity contribution is 0.122. The van der Waals surface area contributed by atoms with Crippen LogP contribution in [0.2, 0.25) is 5.28 Å². The van der Waals surface area contributed by atoms with Crippen LogP contribution in [0.25, 0.3) is 0 Å². The van der Waals surface area contributed by atoms with Crippen LogP contribution in [-0.2, 0) is 4.74 Å². The fraction of sp³-hybridized carbons (Fsp3) is 0.769. The molecule has 1 aliphatic heterocycles. The Balaban J connectivity index is 1.86. The molecule has 0 radical (unpaired) electrons. The molecule has 0 saturated carbocycles. The fourth-order valence-corrected chi connectivity index (χ4v) is 2.23. The Hall–Kier alpha value is -1.18. The molecule has 0 aromatic carbocycles. The van der Waals surface area contributed by atoms with E-state index < -0.39 is 0 Å². The van der Waals surface area contributed by atoms with E-state index in [9.17, 15) is 0 Å². The average Bonchev–Trinajstić information content (AvgIpc) is 2.47. The van der Waals surface area contributed by atoms with Crippen molar-refractivity contribution in [3.05, 3.63) is 5.28 Å². The highest BCUT2D eigenvalue weighted by Crippen LogP contribution is 2.15. The molecule has 0 bridgehead atoms. The van der Waals surface area contributed by atoms with Crippen molar-refractivity contribution in [3.63, 3.8) is 0 Å². The van der Waals surface area contributed by atoms with Gasteiger partial charge in [-0.05, 0) is 45.1 Å². The molecule has 1 N–H and O–H groups in total. The Labute approximate surface area is 130 Å².